The van der Waals surface area contributed by atoms with Crippen LogP contribution < -0.4 is 11.1 Å². The summed E-state index contributed by atoms with van der Waals surface area (Å²) in [5.74, 6) is -1.93. The molecule has 0 aliphatic heterocycles. The molecule has 0 heterocycles. The lowest BCUT2D eigenvalue weighted by atomic mass is 9.93. The highest BCUT2D eigenvalue weighted by molar-refractivity contribution is 5.81. The van der Waals surface area contributed by atoms with Crippen molar-refractivity contribution in [3.63, 3.8) is 0 Å². The van der Waals surface area contributed by atoms with Crippen molar-refractivity contribution in [1.29, 1.82) is 0 Å². The van der Waals surface area contributed by atoms with Crippen LogP contribution in [0.5, 0.6) is 0 Å². The molecule has 5 nitrogen and oxygen atoms in total. The minimum absolute atomic E-state index is 0.333. The van der Waals surface area contributed by atoms with Gasteiger partial charge in [-0.1, -0.05) is 0 Å². The molecule has 1 rings (SSSR count). The number of nitrogens with two attached hydrogens (primary N) is 1. The Kier molecular flexibility index (Phi) is 4.19. The fourth-order valence-corrected chi connectivity index (χ4v) is 1.76. The molecule has 1 aliphatic rings. The van der Waals surface area contributed by atoms with Gasteiger partial charge in [-0.2, -0.15) is 13.2 Å². The van der Waals surface area contributed by atoms with E-state index < -0.39 is 24.2 Å². The van der Waals surface area contributed by atoms with E-state index in [4.69, 9.17) is 10.5 Å². The third kappa shape index (κ3) is 4.49. The summed E-state index contributed by atoms with van der Waals surface area (Å²) < 4.78 is 40.6. The van der Waals surface area contributed by atoms with E-state index in [9.17, 15) is 22.8 Å². The number of hydrogen-bond acceptors (Lipinski definition) is 3. The molecule has 0 bridgehead atoms. The van der Waals surface area contributed by atoms with Gasteiger partial charge in [0, 0.05) is 6.04 Å². The molecule has 0 aromatic carbocycles. The molecule has 0 aromatic heterocycles. The molecule has 0 unspecified atom stereocenters. The Labute approximate surface area is 95.5 Å². The van der Waals surface area contributed by atoms with E-state index in [0.29, 0.717) is 25.7 Å². The monoisotopic (exact) mass is 254 g/mol. The number of rotatable bonds is 2. The van der Waals surface area contributed by atoms with Crippen LogP contribution in [0.25, 0.3) is 0 Å². The molecule has 0 spiro atoms. The van der Waals surface area contributed by atoms with Crippen LogP contribution in [-0.2, 0) is 9.53 Å². The Morgan fingerprint density at radius 1 is 1.18 bits per heavy atom. The maximum Gasteiger partial charge on any atom is 0.471 e. The van der Waals surface area contributed by atoms with Crippen molar-refractivity contribution in [3.8, 4) is 0 Å². The normalized spacial score (nSPS) is 25.1. The SMILES string of the molecule is NC(=O)OC1CCC(NC(=O)C(F)(F)F)CC1. The second-order valence-corrected chi connectivity index (χ2v) is 3.88. The van der Waals surface area contributed by atoms with Crippen molar-refractivity contribution in [1.82, 2.24) is 5.32 Å². The third-order valence-corrected chi connectivity index (χ3v) is 2.55. The van der Waals surface area contributed by atoms with Crippen molar-refractivity contribution >= 4 is 12.0 Å². The lowest BCUT2D eigenvalue weighted by Gasteiger charge is -2.28. The molecular formula is C9H13F3N2O3. The van der Waals surface area contributed by atoms with Gasteiger partial charge >= 0.3 is 18.2 Å². The van der Waals surface area contributed by atoms with Crippen LogP contribution in [0.2, 0.25) is 0 Å². The molecular weight excluding hydrogens is 241 g/mol. The van der Waals surface area contributed by atoms with E-state index in [1.54, 1.807) is 0 Å². The fraction of sp³-hybridized carbons (Fsp3) is 0.778. The number of primary amides is 1. The number of amides is 2. The first-order valence-corrected chi connectivity index (χ1v) is 5.13. The maximum atomic E-state index is 12.0. The van der Waals surface area contributed by atoms with E-state index in [-0.39, 0.29) is 6.10 Å². The second-order valence-electron chi connectivity index (χ2n) is 3.88. The lowest BCUT2D eigenvalue weighted by molar-refractivity contribution is -0.174. The number of ether oxygens (including phenoxy) is 1. The Hall–Kier alpha value is -1.47. The zero-order chi connectivity index (χ0) is 13.1. The van der Waals surface area contributed by atoms with Gasteiger partial charge in [-0.3, -0.25) is 4.79 Å². The highest BCUT2D eigenvalue weighted by atomic mass is 19.4. The van der Waals surface area contributed by atoms with Crippen LogP contribution in [0.15, 0.2) is 0 Å². The molecule has 8 heteroatoms. The Morgan fingerprint density at radius 2 is 1.71 bits per heavy atom. The topological polar surface area (TPSA) is 81.4 Å². The zero-order valence-corrected chi connectivity index (χ0v) is 8.92. The molecule has 98 valence electrons. The van der Waals surface area contributed by atoms with Crippen LogP contribution in [0.4, 0.5) is 18.0 Å². The van der Waals surface area contributed by atoms with Crippen molar-refractivity contribution in [2.45, 2.75) is 44.0 Å². The fourth-order valence-electron chi connectivity index (χ4n) is 1.76. The smallest absolute Gasteiger partial charge is 0.446 e. The summed E-state index contributed by atoms with van der Waals surface area (Å²) >= 11 is 0. The van der Waals surface area contributed by atoms with Gasteiger partial charge in [0.1, 0.15) is 6.10 Å². The van der Waals surface area contributed by atoms with E-state index in [2.05, 4.69) is 0 Å². The highest BCUT2D eigenvalue weighted by Gasteiger charge is 2.40. The number of nitrogens with one attached hydrogen (secondary N) is 1. The summed E-state index contributed by atoms with van der Waals surface area (Å²) in [5, 5.41) is 1.90. The van der Waals surface area contributed by atoms with Crippen LogP contribution in [0.1, 0.15) is 25.7 Å². The molecule has 0 saturated heterocycles. The summed E-state index contributed by atoms with van der Waals surface area (Å²) in [5.41, 5.74) is 4.82. The van der Waals surface area contributed by atoms with Gasteiger partial charge < -0.3 is 15.8 Å². The van der Waals surface area contributed by atoms with E-state index in [1.807, 2.05) is 5.32 Å². The summed E-state index contributed by atoms with van der Waals surface area (Å²) in [4.78, 5) is 21.1. The largest absolute Gasteiger partial charge is 0.471 e. The number of halogens is 3. The number of alkyl halides is 3. The number of carbonyl (C=O) groups is 2. The Bertz CT molecular complexity index is 298. The summed E-state index contributed by atoms with van der Waals surface area (Å²) in [6, 6.07) is -0.531. The van der Waals surface area contributed by atoms with E-state index in [0.717, 1.165) is 0 Å². The minimum Gasteiger partial charge on any atom is -0.446 e. The first-order valence-electron chi connectivity index (χ1n) is 5.13. The van der Waals surface area contributed by atoms with Crippen LogP contribution >= 0.6 is 0 Å². The van der Waals surface area contributed by atoms with Gasteiger partial charge in [0.25, 0.3) is 0 Å². The predicted molar refractivity (Wildman–Crippen MR) is 50.9 cm³/mol. The average molecular weight is 254 g/mol. The molecule has 2 amide bonds. The molecule has 0 radical (unpaired) electrons. The molecule has 1 fully saturated rings. The predicted octanol–water partition coefficient (Wildman–Crippen LogP) is 1.07. The van der Waals surface area contributed by atoms with Crippen molar-refractivity contribution in [2.24, 2.45) is 5.73 Å². The molecule has 0 atom stereocenters. The molecule has 1 saturated carbocycles. The number of carbonyl (C=O) groups excluding carboxylic acids is 2. The van der Waals surface area contributed by atoms with Crippen molar-refractivity contribution < 1.29 is 27.5 Å². The highest BCUT2D eigenvalue weighted by Crippen LogP contribution is 2.23. The Balaban J connectivity index is 2.33. The first kappa shape index (κ1) is 13.6. The summed E-state index contributed by atoms with van der Waals surface area (Å²) in [6.45, 7) is 0. The average Bonchev–Trinajstić information content (AvgIpc) is 2.18. The summed E-state index contributed by atoms with van der Waals surface area (Å²) in [6.07, 6.45) is -4.67. The summed E-state index contributed by atoms with van der Waals surface area (Å²) in [7, 11) is 0. The van der Waals surface area contributed by atoms with E-state index in [1.165, 1.54) is 0 Å². The van der Waals surface area contributed by atoms with Gasteiger partial charge in [-0.25, -0.2) is 4.79 Å². The Morgan fingerprint density at radius 3 is 2.12 bits per heavy atom. The first-order chi connectivity index (χ1) is 7.79. The minimum atomic E-state index is -4.86. The zero-order valence-electron chi connectivity index (χ0n) is 8.92. The van der Waals surface area contributed by atoms with Gasteiger partial charge in [0.05, 0.1) is 0 Å². The van der Waals surface area contributed by atoms with Gasteiger partial charge in [-0.05, 0) is 25.7 Å². The molecule has 1 aliphatic carbocycles. The number of hydrogen-bond donors (Lipinski definition) is 2. The van der Waals surface area contributed by atoms with Crippen LogP contribution in [0, 0.1) is 0 Å². The molecule has 17 heavy (non-hydrogen) atoms. The maximum absolute atomic E-state index is 12.0. The standard InChI is InChI=1S/C9H13F3N2O3/c10-9(11,12)7(15)14-5-1-3-6(4-2-5)17-8(13)16/h5-6H,1-4H2,(H2,13,16)(H,14,15). The molecule has 3 N–H and O–H groups in total. The molecule has 0 aromatic rings. The van der Waals surface area contributed by atoms with Crippen molar-refractivity contribution in [3.05, 3.63) is 0 Å². The second kappa shape index (κ2) is 5.24. The van der Waals surface area contributed by atoms with Crippen LogP contribution in [-0.4, -0.2) is 30.3 Å². The third-order valence-electron chi connectivity index (χ3n) is 2.55. The van der Waals surface area contributed by atoms with Gasteiger partial charge in [0.15, 0.2) is 0 Å². The van der Waals surface area contributed by atoms with Crippen molar-refractivity contribution in [2.75, 3.05) is 0 Å². The van der Waals surface area contributed by atoms with E-state index >= 15 is 0 Å². The van der Waals surface area contributed by atoms with Gasteiger partial charge in [-0.15, -0.1) is 0 Å². The van der Waals surface area contributed by atoms with Gasteiger partial charge in [0.2, 0.25) is 0 Å². The lowest BCUT2D eigenvalue weighted by Crippen LogP contribution is -2.45. The quantitative estimate of drug-likeness (QED) is 0.773. The van der Waals surface area contributed by atoms with Crippen LogP contribution in [0.3, 0.4) is 0 Å².